The van der Waals surface area contributed by atoms with Crippen LogP contribution in [0.5, 0.6) is 0 Å². The van der Waals surface area contributed by atoms with Gasteiger partial charge in [-0.2, -0.15) is 9.97 Å². The molecule has 1 aromatic heterocycles. The van der Waals surface area contributed by atoms with Crippen LogP contribution < -0.4 is 16.5 Å². The summed E-state index contributed by atoms with van der Waals surface area (Å²) in [4.78, 5) is 20.3. The third kappa shape index (κ3) is 2.63. The Morgan fingerprint density at radius 2 is 2.00 bits per heavy atom. The number of hydrazine groups is 1. The van der Waals surface area contributed by atoms with E-state index in [1.165, 1.54) is 0 Å². The molecule has 6 heteroatoms. The van der Waals surface area contributed by atoms with Gasteiger partial charge in [-0.1, -0.05) is 24.3 Å². The third-order valence-corrected chi connectivity index (χ3v) is 2.84. The summed E-state index contributed by atoms with van der Waals surface area (Å²) in [5.74, 6) is 0.897. The normalized spacial score (nSPS) is 10.5. The Hall–Kier alpha value is -2.21. The van der Waals surface area contributed by atoms with E-state index in [4.69, 9.17) is 0 Å². The minimum Gasteiger partial charge on any atom is -0.290 e. The van der Waals surface area contributed by atoms with E-state index >= 15 is 0 Å². The molecule has 0 fully saturated rings. The highest BCUT2D eigenvalue weighted by Crippen LogP contribution is 2.20. The van der Waals surface area contributed by atoms with Gasteiger partial charge in [-0.3, -0.25) is 9.99 Å². The predicted molar refractivity (Wildman–Crippen MR) is 74.8 cm³/mol. The summed E-state index contributed by atoms with van der Waals surface area (Å²) in [6, 6.07) is 7.83. The zero-order valence-corrected chi connectivity index (χ0v) is 11.3. The standard InChI is InChI=1S/C13H17N5O/c1-4-18-11(10-8-6-5-7-9(10)2)15-12(17-14-3)16-13(18)19/h5-8,14H,4H2,1-3H3,(H,16,17,19). The van der Waals surface area contributed by atoms with Crippen molar-refractivity contribution in [2.45, 2.75) is 20.4 Å². The van der Waals surface area contributed by atoms with E-state index in [2.05, 4.69) is 20.8 Å². The van der Waals surface area contributed by atoms with Gasteiger partial charge in [-0.25, -0.2) is 10.2 Å². The predicted octanol–water partition coefficient (Wildman–Crippen LogP) is 1.18. The van der Waals surface area contributed by atoms with E-state index in [0.717, 1.165) is 11.1 Å². The molecule has 19 heavy (non-hydrogen) atoms. The second-order valence-electron chi connectivity index (χ2n) is 4.09. The fourth-order valence-electron chi connectivity index (χ4n) is 1.91. The highest BCUT2D eigenvalue weighted by atomic mass is 16.1. The Labute approximate surface area is 111 Å². The molecule has 0 saturated heterocycles. The van der Waals surface area contributed by atoms with Crippen LogP contribution in [0.25, 0.3) is 11.4 Å². The molecule has 2 rings (SSSR count). The molecule has 0 bridgehead atoms. The van der Waals surface area contributed by atoms with Gasteiger partial charge in [-0.05, 0) is 19.4 Å². The summed E-state index contributed by atoms with van der Waals surface area (Å²) in [6.07, 6.45) is 0. The van der Waals surface area contributed by atoms with Gasteiger partial charge in [0, 0.05) is 19.2 Å². The summed E-state index contributed by atoms with van der Waals surface area (Å²) in [6.45, 7) is 4.42. The van der Waals surface area contributed by atoms with Gasteiger partial charge in [0.2, 0.25) is 5.95 Å². The van der Waals surface area contributed by atoms with Gasteiger partial charge in [-0.15, -0.1) is 0 Å². The maximum atomic E-state index is 12.0. The molecule has 0 unspecified atom stereocenters. The van der Waals surface area contributed by atoms with Crippen LogP contribution in [-0.4, -0.2) is 21.6 Å². The lowest BCUT2D eigenvalue weighted by atomic mass is 10.1. The molecule has 0 saturated carbocycles. The van der Waals surface area contributed by atoms with Gasteiger partial charge in [0.15, 0.2) is 0 Å². The van der Waals surface area contributed by atoms with E-state index in [9.17, 15) is 4.79 Å². The number of hydrogen-bond donors (Lipinski definition) is 2. The second-order valence-corrected chi connectivity index (χ2v) is 4.09. The summed E-state index contributed by atoms with van der Waals surface area (Å²) in [5, 5.41) is 0. The number of nitrogens with one attached hydrogen (secondary N) is 2. The topological polar surface area (TPSA) is 71.8 Å². The molecule has 0 aliphatic heterocycles. The first kappa shape index (κ1) is 13.2. The number of benzene rings is 1. The Morgan fingerprint density at radius 3 is 2.63 bits per heavy atom. The fourth-order valence-corrected chi connectivity index (χ4v) is 1.91. The quantitative estimate of drug-likeness (QED) is 0.807. The van der Waals surface area contributed by atoms with E-state index in [0.29, 0.717) is 12.4 Å². The van der Waals surface area contributed by atoms with Gasteiger partial charge in [0.1, 0.15) is 5.82 Å². The van der Waals surface area contributed by atoms with Crippen molar-refractivity contribution in [3.8, 4) is 11.4 Å². The SMILES string of the molecule is CCn1c(-c2ccccc2C)nc(NNC)nc1=O. The molecule has 0 aliphatic rings. The lowest BCUT2D eigenvalue weighted by Gasteiger charge is -2.13. The first-order valence-corrected chi connectivity index (χ1v) is 6.15. The van der Waals surface area contributed by atoms with Crippen molar-refractivity contribution >= 4 is 5.95 Å². The average Bonchev–Trinajstić information content (AvgIpc) is 2.39. The average molecular weight is 259 g/mol. The van der Waals surface area contributed by atoms with Crippen LogP contribution in [0.1, 0.15) is 12.5 Å². The maximum absolute atomic E-state index is 12.0. The van der Waals surface area contributed by atoms with Gasteiger partial charge in [0.05, 0.1) is 0 Å². The van der Waals surface area contributed by atoms with Crippen LogP contribution in [0.3, 0.4) is 0 Å². The van der Waals surface area contributed by atoms with Crippen molar-refractivity contribution < 1.29 is 0 Å². The number of hydrogen-bond acceptors (Lipinski definition) is 5. The maximum Gasteiger partial charge on any atom is 0.352 e. The summed E-state index contributed by atoms with van der Waals surface area (Å²) < 4.78 is 1.56. The molecular weight excluding hydrogens is 242 g/mol. The van der Waals surface area contributed by atoms with Crippen molar-refractivity contribution in [2.24, 2.45) is 0 Å². The first-order valence-electron chi connectivity index (χ1n) is 6.15. The zero-order valence-electron chi connectivity index (χ0n) is 11.3. The van der Waals surface area contributed by atoms with Crippen LogP contribution in [0.2, 0.25) is 0 Å². The molecule has 0 amide bonds. The molecule has 0 atom stereocenters. The summed E-state index contributed by atoms with van der Waals surface area (Å²) in [7, 11) is 1.70. The molecule has 2 N–H and O–H groups in total. The Balaban J connectivity index is 2.67. The van der Waals surface area contributed by atoms with Crippen LogP contribution in [0.4, 0.5) is 5.95 Å². The highest BCUT2D eigenvalue weighted by Gasteiger charge is 2.12. The van der Waals surface area contributed by atoms with Crippen molar-refractivity contribution in [2.75, 3.05) is 12.5 Å². The lowest BCUT2D eigenvalue weighted by Crippen LogP contribution is -2.29. The first-order chi connectivity index (χ1) is 9.17. The minimum atomic E-state index is -0.312. The van der Waals surface area contributed by atoms with E-state index < -0.39 is 0 Å². The zero-order chi connectivity index (χ0) is 13.8. The van der Waals surface area contributed by atoms with E-state index in [1.54, 1.807) is 11.6 Å². The largest absolute Gasteiger partial charge is 0.352 e. The van der Waals surface area contributed by atoms with Gasteiger partial charge in [0.25, 0.3) is 0 Å². The van der Waals surface area contributed by atoms with E-state index in [1.807, 2.05) is 38.1 Å². The van der Waals surface area contributed by atoms with Crippen LogP contribution in [0, 0.1) is 6.92 Å². The Kier molecular flexibility index (Phi) is 3.91. The molecule has 0 spiro atoms. The van der Waals surface area contributed by atoms with Crippen LogP contribution in [0.15, 0.2) is 29.1 Å². The number of nitrogens with zero attached hydrogens (tertiary/aromatic N) is 3. The van der Waals surface area contributed by atoms with Gasteiger partial charge < -0.3 is 0 Å². The van der Waals surface area contributed by atoms with Crippen molar-refractivity contribution in [3.05, 3.63) is 40.3 Å². The Bertz CT molecular complexity index is 635. The van der Waals surface area contributed by atoms with Crippen molar-refractivity contribution in [1.82, 2.24) is 20.0 Å². The molecule has 6 nitrogen and oxygen atoms in total. The van der Waals surface area contributed by atoms with Crippen molar-refractivity contribution in [3.63, 3.8) is 0 Å². The monoisotopic (exact) mass is 259 g/mol. The number of aryl methyl sites for hydroxylation is 1. The molecule has 0 radical (unpaired) electrons. The number of anilines is 1. The highest BCUT2D eigenvalue weighted by molar-refractivity contribution is 5.60. The summed E-state index contributed by atoms with van der Waals surface area (Å²) >= 11 is 0. The third-order valence-electron chi connectivity index (χ3n) is 2.84. The van der Waals surface area contributed by atoms with Gasteiger partial charge >= 0.3 is 5.69 Å². The molecular formula is C13H17N5O. The molecule has 2 aromatic rings. The van der Waals surface area contributed by atoms with Crippen LogP contribution >= 0.6 is 0 Å². The molecule has 1 heterocycles. The Morgan fingerprint density at radius 1 is 1.26 bits per heavy atom. The van der Waals surface area contributed by atoms with Crippen LogP contribution in [-0.2, 0) is 6.54 Å². The molecule has 1 aromatic carbocycles. The second kappa shape index (κ2) is 5.62. The van der Waals surface area contributed by atoms with E-state index in [-0.39, 0.29) is 11.6 Å². The number of rotatable bonds is 4. The fraction of sp³-hybridized carbons (Fsp3) is 0.308. The molecule has 0 aliphatic carbocycles. The van der Waals surface area contributed by atoms with Crippen molar-refractivity contribution in [1.29, 1.82) is 0 Å². The summed E-state index contributed by atoms with van der Waals surface area (Å²) in [5.41, 5.74) is 7.15. The lowest BCUT2D eigenvalue weighted by molar-refractivity contribution is 0.684. The molecule has 100 valence electrons. The minimum absolute atomic E-state index is 0.274. The smallest absolute Gasteiger partial charge is 0.290 e. The number of aromatic nitrogens is 3.